The quantitative estimate of drug-likeness (QED) is 0.445. The largest absolute Gasteiger partial charge is 0.283 e. The molecule has 0 amide bonds. The van der Waals surface area contributed by atoms with Crippen LogP contribution in [0.5, 0.6) is 0 Å². The van der Waals surface area contributed by atoms with Crippen LogP contribution in [0.4, 0.5) is 5.69 Å². The number of non-ortho nitro benzene ring substituents is 1. The second-order valence-corrected chi connectivity index (χ2v) is 5.07. The van der Waals surface area contributed by atoms with Gasteiger partial charge in [0.15, 0.2) is 0 Å². The van der Waals surface area contributed by atoms with Gasteiger partial charge in [0.1, 0.15) is 0 Å². The van der Waals surface area contributed by atoms with Crippen LogP contribution in [0.1, 0.15) is 25.8 Å². The molecular weight excluding hydrogens is 218 g/mol. The number of nitro groups is 1. The zero-order valence-electron chi connectivity index (χ0n) is 9.75. The number of hydrogen-bond acceptors (Lipinski definition) is 4. The van der Waals surface area contributed by atoms with Gasteiger partial charge in [-0.05, 0) is 31.5 Å². The molecule has 88 valence electrons. The Kier molecular flexibility index (Phi) is 1.85. The molecule has 2 heterocycles. The van der Waals surface area contributed by atoms with Crippen LogP contribution in [0.3, 0.4) is 0 Å². The topological polar surface area (TPSA) is 58.5 Å². The Hall–Kier alpha value is -1.91. The average Bonchev–Trinajstić information content (AvgIpc) is 2.70. The fraction of sp³-hybridized carbons (Fsp3) is 0.417. The van der Waals surface area contributed by atoms with E-state index in [1.807, 2.05) is 0 Å². The van der Waals surface area contributed by atoms with E-state index in [0.717, 1.165) is 17.7 Å². The van der Waals surface area contributed by atoms with Crippen molar-refractivity contribution in [2.24, 2.45) is 5.10 Å². The minimum atomic E-state index is -0.385. The van der Waals surface area contributed by atoms with Crippen molar-refractivity contribution >= 4 is 11.4 Å². The summed E-state index contributed by atoms with van der Waals surface area (Å²) in [6.45, 7) is 4.35. The lowest BCUT2D eigenvalue weighted by Crippen LogP contribution is -2.13. The first-order valence-electron chi connectivity index (χ1n) is 5.62. The van der Waals surface area contributed by atoms with E-state index in [-0.39, 0.29) is 16.1 Å². The molecule has 0 bridgehead atoms. The molecule has 0 N–H and O–H groups in total. The van der Waals surface area contributed by atoms with Crippen molar-refractivity contribution in [3.05, 3.63) is 39.9 Å². The molecule has 1 saturated heterocycles. The van der Waals surface area contributed by atoms with Crippen molar-refractivity contribution in [2.75, 3.05) is 0 Å². The van der Waals surface area contributed by atoms with Crippen LogP contribution in [0.15, 0.2) is 29.4 Å². The lowest BCUT2D eigenvalue weighted by Gasteiger charge is -2.06. The highest BCUT2D eigenvalue weighted by molar-refractivity contribution is 6.02. The van der Waals surface area contributed by atoms with Crippen LogP contribution in [0, 0.1) is 10.1 Å². The molecule has 5 nitrogen and oxygen atoms in total. The molecule has 3 rings (SSSR count). The second kappa shape index (κ2) is 3.06. The van der Waals surface area contributed by atoms with Gasteiger partial charge in [-0.3, -0.25) is 15.1 Å². The van der Waals surface area contributed by atoms with Gasteiger partial charge in [-0.2, -0.15) is 5.10 Å². The number of benzene rings is 1. The first kappa shape index (κ1) is 10.3. The van der Waals surface area contributed by atoms with Crippen molar-refractivity contribution in [2.45, 2.75) is 31.8 Å². The van der Waals surface area contributed by atoms with Crippen LogP contribution in [-0.4, -0.2) is 27.2 Å². The smallest absolute Gasteiger partial charge is 0.269 e. The van der Waals surface area contributed by atoms with Gasteiger partial charge in [0, 0.05) is 18.6 Å². The van der Waals surface area contributed by atoms with Crippen LogP contribution in [0.25, 0.3) is 0 Å². The Morgan fingerprint density at radius 3 is 2.53 bits per heavy atom. The van der Waals surface area contributed by atoms with Crippen molar-refractivity contribution < 1.29 is 4.92 Å². The van der Waals surface area contributed by atoms with Gasteiger partial charge in [-0.25, -0.2) is 0 Å². The Labute approximate surface area is 98.9 Å². The third-order valence-corrected chi connectivity index (χ3v) is 3.66. The molecule has 1 atom stereocenters. The first-order chi connectivity index (χ1) is 8.00. The Morgan fingerprint density at radius 2 is 2.06 bits per heavy atom. The van der Waals surface area contributed by atoms with Crippen molar-refractivity contribution in [1.29, 1.82) is 0 Å². The van der Waals surface area contributed by atoms with Gasteiger partial charge in [-0.15, -0.1) is 0 Å². The van der Waals surface area contributed by atoms with Crippen LogP contribution >= 0.6 is 0 Å². The first-order valence-corrected chi connectivity index (χ1v) is 5.62. The van der Waals surface area contributed by atoms with Gasteiger partial charge >= 0.3 is 0 Å². The molecule has 0 aliphatic carbocycles. The zero-order chi connectivity index (χ0) is 12.2. The molecule has 2 aliphatic heterocycles. The van der Waals surface area contributed by atoms with Gasteiger partial charge in [0.25, 0.3) is 5.69 Å². The predicted molar refractivity (Wildman–Crippen MR) is 64.0 cm³/mol. The number of nitro benzene ring substituents is 1. The number of nitrogens with zero attached hydrogens (tertiary/aromatic N) is 3. The summed E-state index contributed by atoms with van der Waals surface area (Å²) in [5.41, 5.74) is 2.34. The highest BCUT2D eigenvalue weighted by atomic mass is 16.6. The molecule has 0 spiro atoms. The van der Waals surface area contributed by atoms with E-state index >= 15 is 0 Å². The molecule has 0 radical (unpaired) electrons. The SMILES string of the molecule is CC1(C)C2CC(c3ccc([N+](=O)[O-])cc3)=NN21. The molecule has 1 unspecified atom stereocenters. The Morgan fingerprint density at radius 1 is 1.41 bits per heavy atom. The summed E-state index contributed by atoms with van der Waals surface area (Å²) in [6, 6.07) is 7.11. The van der Waals surface area contributed by atoms with E-state index in [4.69, 9.17) is 0 Å². The van der Waals surface area contributed by atoms with Crippen LogP contribution in [-0.2, 0) is 0 Å². The Balaban J connectivity index is 1.83. The number of rotatable bonds is 2. The van der Waals surface area contributed by atoms with Gasteiger partial charge in [-0.1, -0.05) is 0 Å². The average molecular weight is 231 g/mol. The number of fused-ring (bicyclic) bond motifs is 1. The van der Waals surface area contributed by atoms with E-state index in [2.05, 4.69) is 24.0 Å². The van der Waals surface area contributed by atoms with Gasteiger partial charge in [0.2, 0.25) is 0 Å². The normalized spacial score (nSPS) is 24.2. The Bertz CT molecular complexity index is 519. The van der Waals surface area contributed by atoms with Crippen LogP contribution in [0.2, 0.25) is 0 Å². The van der Waals surface area contributed by atoms with Crippen molar-refractivity contribution in [3.63, 3.8) is 0 Å². The number of hydrogen-bond donors (Lipinski definition) is 0. The summed E-state index contributed by atoms with van der Waals surface area (Å²) in [6.07, 6.45) is 0.935. The molecule has 17 heavy (non-hydrogen) atoms. The third kappa shape index (κ3) is 1.42. The van der Waals surface area contributed by atoms with E-state index in [0.29, 0.717) is 6.04 Å². The summed E-state index contributed by atoms with van der Waals surface area (Å²) in [5, 5.41) is 17.2. The summed E-state index contributed by atoms with van der Waals surface area (Å²) < 4.78 is 0. The van der Waals surface area contributed by atoms with E-state index in [1.54, 1.807) is 12.1 Å². The molecule has 0 saturated carbocycles. The molecular formula is C12H13N3O2. The van der Waals surface area contributed by atoms with E-state index in [1.165, 1.54) is 12.1 Å². The van der Waals surface area contributed by atoms with E-state index < -0.39 is 0 Å². The molecule has 1 fully saturated rings. The summed E-state index contributed by atoms with van der Waals surface area (Å²) >= 11 is 0. The van der Waals surface area contributed by atoms with E-state index in [9.17, 15) is 10.1 Å². The standard InChI is InChI=1S/C12H13N3O2/c1-12(2)11-7-10(13-14(11)12)8-3-5-9(6-4-8)15(16)17/h3-6,11H,7H2,1-2H3. The van der Waals surface area contributed by atoms with Crippen molar-refractivity contribution in [1.82, 2.24) is 5.01 Å². The second-order valence-electron chi connectivity index (χ2n) is 5.07. The minimum absolute atomic E-state index is 0.123. The fourth-order valence-electron chi connectivity index (χ4n) is 2.39. The highest BCUT2D eigenvalue weighted by Gasteiger charge is 2.59. The van der Waals surface area contributed by atoms with Crippen LogP contribution < -0.4 is 0 Å². The fourth-order valence-corrected chi connectivity index (χ4v) is 2.39. The lowest BCUT2D eigenvalue weighted by atomic mass is 10.0. The minimum Gasteiger partial charge on any atom is -0.283 e. The summed E-state index contributed by atoms with van der Waals surface area (Å²) in [4.78, 5) is 10.2. The molecule has 0 aromatic heterocycles. The summed E-state index contributed by atoms with van der Waals surface area (Å²) in [5.74, 6) is 0. The maximum Gasteiger partial charge on any atom is 0.269 e. The van der Waals surface area contributed by atoms with Crippen molar-refractivity contribution in [3.8, 4) is 0 Å². The zero-order valence-corrected chi connectivity index (χ0v) is 9.75. The third-order valence-electron chi connectivity index (χ3n) is 3.66. The highest BCUT2D eigenvalue weighted by Crippen LogP contribution is 2.47. The lowest BCUT2D eigenvalue weighted by molar-refractivity contribution is -0.384. The van der Waals surface area contributed by atoms with Gasteiger partial charge in [0.05, 0.1) is 22.2 Å². The molecule has 1 aromatic carbocycles. The molecule has 2 aliphatic rings. The van der Waals surface area contributed by atoms with Gasteiger partial charge < -0.3 is 0 Å². The predicted octanol–water partition coefficient (Wildman–Crippen LogP) is 2.17. The molecule has 1 aromatic rings. The monoisotopic (exact) mass is 231 g/mol. The number of hydrazone groups is 1. The summed E-state index contributed by atoms with van der Waals surface area (Å²) in [7, 11) is 0. The maximum atomic E-state index is 10.5. The maximum absolute atomic E-state index is 10.5. The molecule has 5 heteroatoms.